The van der Waals surface area contributed by atoms with E-state index in [4.69, 9.17) is 16.0 Å². The van der Waals surface area contributed by atoms with Crippen LogP contribution in [0.15, 0.2) is 41.3 Å². The van der Waals surface area contributed by atoms with Gasteiger partial charge in [-0.3, -0.25) is 5.10 Å². The van der Waals surface area contributed by atoms with E-state index in [0.717, 1.165) is 28.1 Å². The van der Waals surface area contributed by atoms with E-state index in [1.165, 1.54) is 0 Å². The SMILES string of the molecule is Cc1cc(Nc2nc(Nc3cc(C)c(-c4ncco4)cc3C)ncc2Cl)n[nH]1. The molecule has 4 aromatic rings. The largest absolute Gasteiger partial charge is 0.445 e. The van der Waals surface area contributed by atoms with Crippen molar-refractivity contribution < 1.29 is 4.42 Å². The predicted octanol–water partition coefficient (Wildman–Crippen LogP) is 4.92. The minimum Gasteiger partial charge on any atom is -0.445 e. The van der Waals surface area contributed by atoms with Crippen molar-refractivity contribution in [2.75, 3.05) is 10.6 Å². The lowest BCUT2D eigenvalue weighted by Crippen LogP contribution is -2.03. The summed E-state index contributed by atoms with van der Waals surface area (Å²) in [6.45, 7) is 5.91. The van der Waals surface area contributed by atoms with E-state index in [1.807, 2.05) is 39.0 Å². The number of nitrogens with zero attached hydrogens (tertiary/aromatic N) is 4. The molecule has 3 heterocycles. The molecule has 0 aliphatic rings. The van der Waals surface area contributed by atoms with Gasteiger partial charge in [0.05, 0.1) is 12.4 Å². The minimum absolute atomic E-state index is 0.401. The molecule has 8 nitrogen and oxygen atoms in total. The molecular formula is C19H18ClN7O. The average molecular weight is 396 g/mol. The van der Waals surface area contributed by atoms with Crippen molar-refractivity contribution in [3.8, 4) is 11.5 Å². The maximum Gasteiger partial charge on any atom is 0.229 e. The second-order valence-electron chi connectivity index (χ2n) is 6.40. The Labute approximate surface area is 166 Å². The number of benzene rings is 1. The fourth-order valence-electron chi connectivity index (χ4n) is 2.78. The summed E-state index contributed by atoms with van der Waals surface area (Å²) in [6, 6.07) is 5.89. The summed E-state index contributed by atoms with van der Waals surface area (Å²) in [7, 11) is 0. The summed E-state index contributed by atoms with van der Waals surface area (Å²) in [5.41, 5.74) is 4.80. The molecule has 9 heteroatoms. The number of hydrogen-bond acceptors (Lipinski definition) is 7. The second kappa shape index (κ2) is 7.32. The quantitative estimate of drug-likeness (QED) is 0.440. The van der Waals surface area contributed by atoms with Crippen molar-refractivity contribution in [1.29, 1.82) is 0 Å². The maximum absolute atomic E-state index is 6.22. The number of rotatable bonds is 5. The van der Waals surface area contributed by atoms with Crippen LogP contribution in [0.2, 0.25) is 5.02 Å². The second-order valence-corrected chi connectivity index (χ2v) is 6.80. The van der Waals surface area contributed by atoms with E-state index in [2.05, 4.69) is 35.8 Å². The third-order valence-corrected chi connectivity index (χ3v) is 4.45. The van der Waals surface area contributed by atoms with Crippen molar-refractivity contribution >= 4 is 34.9 Å². The van der Waals surface area contributed by atoms with Gasteiger partial charge in [0.2, 0.25) is 11.8 Å². The number of nitrogens with one attached hydrogen (secondary N) is 3. The van der Waals surface area contributed by atoms with Gasteiger partial charge in [0, 0.05) is 23.0 Å². The number of aromatic amines is 1. The lowest BCUT2D eigenvalue weighted by Gasteiger charge is -2.13. The van der Waals surface area contributed by atoms with Crippen LogP contribution in [-0.4, -0.2) is 25.1 Å². The number of H-pyrrole nitrogens is 1. The van der Waals surface area contributed by atoms with Crippen molar-refractivity contribution in [1.82, 2.24) is 25.1 Å². The Kier molecular flexibility index (Phi) is 4.70. The Morgan fingerprint density at radius 1 is 1.04 bits per heavy atom. The van der Waals surface area contributed by atoms with Crippen molar-refractivity contribution in [2.24, 2.45) is 0 Å². The van der Waals surface area contributed by atoms with Gasteiger partial charge in [0.15, 0.2) is 11.6 Å². The lowest BCUT2D eigenvalue weighted by molar-refractivity contribution is 0.574. The predicted molar refractivity (Wildman–Crippen MR) is 108 cm³/mol. The van der Waals surface area contributed by atoms with Crippen LogP contribution in [0.3, 0.4) is 0 Å². The zero-order valence-electron chi connectivity index (χ0n) is 15.5. The van der Waals surface area contributed by atoms with Gasteiger partial charge in [-0.25, -0.2) is 9.97 Å². The highest BCUT2D eigenvalue weighted by molar-refractivity contribution is 6.32. The molecular weight excluding hydrogens is 378 g/mol. The van der Waals surface area contributed by atoms with E-state index in [9.17, 15) is 0 Å². The molecule has 0 saturated heterocycles. The van der Waals surface area contributed by atoms with Crippen LogP contribution < -0.4 is 10.6 Å². The molecule has 0 atom stereocenters. The summed E-state index contributed by atoms with van der Waals surface area (Å²) < 4.78 is 5.41. The number of oxazole rings is 1. The zero-order chi connectivity index (χ0) is 19.7. The molecule has 0 spiro atoms. The van der Waals surface area contributed by atoms with Gasteiger partial charge in [-0.1, -0.05) is 11.6 Å². The third-order valence-electron chi connectivity index (χ3n) is 4.18. The molecule has 1 aromatic carbocycles. The third kappa shape index (κ3) is 3.67. The molecule has 4 rings (SSSR count). The van der Waals surface area contributed by atoms with Crippen molar-refractivity contribution in [2.45, 2.75) is 20.8 Å². The van der Waals surface area contributed by atoms with Gasteiger partial charge in [-0.15, -0.1) is 0 Å². The number of halogens is 1. The first kappa shape index (κ1) is 18.0. The zero-order valence-corrected chi connectivity index (χ0v) is 16.3. The first-order valence-corrected chi connectivity index (χ1v) is 8.97. The van der Waals surface area contributed by atoms with E-state index in [-0.39, 0.29) is 0 Å². The van der Waals surface area contributed by atoms with Crippen LogP contribution in [-0.2, 0) is 0 Å². The Morgan fingerprint density at radius 2 is 1.89 bits per heavy atom. The summed E-state index contributed by atoms with van der Waals surface area (Å²) in [6.07, 6.45) is 4.74. The summed E-state index contributed by atoms with van der Waals surface area (Å²) >= 11 is 6.22. The summed E-state index contributed by atoms with van der Waals surface area (Å²) in [5.74, 6) is 2.11. The maximum atomic E-state index is 6.22. The van der Waals surface area contributed by atoms with Crippen LogP contribution in [0, 0.1) is 20.8 Å². The number of aromatic nitrogens is 5. The summed E-state index contributed by atoms with van der Waals surface area (Å²) in [5, 5.41) is 13.7. The van der Waals surface area contributed by atoms with Crippen molar-refractivity contribution in [3.05, 3.63) is 58.7 Å². The molecule has 142 valence electrons. The summed E-state index contributed by atoms with van der Waals surface area (Å²) in [4.78, 5) is 13.0. The molecule has 0 saturated carbocycles. The van der Waals surface area contributed by atoms with Gasteiger partial charge >= 0.3 is 0 Å². The first-order chi connectivity index (χ1) is 13.5. The van der Waals surface area contributed by atoms with Crippen LogP contribution in [0.5, 0.6) is 0 Å². The molecule has 3 aromatic heterocycles. The van der Waals surface area contributed by atoms with E-state index in [0.29, 0.717) is 28.5 Å². The molecule has 0 aliphatic heterocycles. The van der Waals surface area contributed by atoms with E-state index < -0.39 is 0 Å². The van der Waals surface area contributed by atoms with Crippen LogP contribution in [0.25, 0.3) is 11.5 Å². The first-order valence-electron chi connectivity index (χ1n) is 8.59. The molecule has 3 N–H and O–H groups in total. The lowest BCUT2D eigenvalue weighted by atomic mass is 10.0. The molecule has 0 aliphatic carbocycles. The van der Waals surface area contributed by atoms with Gasteiger partial charge in [0.1, 0.15) is 11.3 Å². The number of anilines is 4. The van der Waals surface area contributed by atoms with Crippen molar-refractivity contribution in [3.63, 3.8) is 0 Å². The van der Waals surface area contributed by atoms with Gasteiger partial charge < -0.3 is 15.1 Å². The number of aryl methyl sites for hydroxylation is 3. The molecule has 0 bridgehead atoms. The smallest absolute Gasteiger partial charge is 0.229 e. The molecule has 0 fully saturated rings. The fourth-order valence-corrected chi connectivity index (χ4v) is 2.91. The highest BCUT2D eigenvalue weighted by atomic mass is 35.5. The Balaban J connectivity index is 1.60. The molecule has 0 unspecified atom stereocenters. The van der Waals surface area contributed by atoms with E-state index >= 15 is 0 Å². The molecule has 0 amide bonds. The Bertz CT molecular complexity index is 1120. The fraction of sp³-hybridized carbons (Fsp3) is 0.158. The highest BCUT2D eigenvalue weighted by Gasteiger charge is 2.12. The normalized spacial score (nSPS) is 10.9. The van der Waals surface area contributed by atoms with Gasteiger partial charge in [0.25, 0.3) is 0 Å². The van der Waals surface area contributed by atoms with Crippen LogP contribution in [0.4, 0.5) is 23.3 Å². The highest BCUT2D eigenvalue weighted by Crippen LogP contribution is 2.30. The standard InChI is InChI=1S/C19H18ClN7O/c1-10-7-15(11(2)6-13(10)18-21-4-5-28-18)23-19-22-9-14(20)17(25-19)24-16-8-12(3)26-27-16/h4-9H,1-3H3,(H3,22,23,24,25,26,27). The Hall–Kier alpha value is -3.39. The van der Waals surface area contributed by atoms with Gasteiger partial charge in [-0.05, 0) is 44.0 Å². The molecule has 0 radical (unpaired) electrons. The van der Waals surface area contributed by atoms with Crippen LogP contribution in [0.1, 0.15) is 16.8 Å². The average Bonchev–Trinajstić information content (AvgIpc) is 3.32. The number of hydrogen-bond donors (Lipinski definition) is 3. The van der Waals surface area contributed by atoms with Gasteiger partial charge in [-0.2, -0.15) is 10.1 Å². The Morgan fingerprint density at radius 3 is 2.61 bits per heavy atom. The monoisotopic (exact) mass is 395 g/mol. The van der Waals surface area contributed by atoms with Crippen LogP contribution >= 0.6 is 11.6 Å². The van der Waals surface area contributed by atoms with E-state index in [1.54, 1.807) is 18.7 Å². The topological polar surface area (TPSA) is 105 Å². The molecule has 28 heavy (non-hydrogen) atoms. The minimum atomic E-state index is 0.401.